The number of nitrogens with zero attached hydrogens (tertiary/aromatic N) is 1. The van der Waals surface area contributed by atoms with E-state index in [1.807, 2.05) is 24.3 Å². The van der Waals surface area contributed by atoms with Gasteiger partial charge in [0.2, 0.25) is 5.91 Å². The van der Waals surface area contributed by atoms with Crippen LogP contribution in [0.15, 0.2) is 24.3 Å². The van der Waals surface area contributed by atoms with Gasteiger partial charge >= 0.3 is 6.03 Å². The third-order valence-electron chi connectivity index (χ3n) is 6.81. The predicted molar refractivity (Wildman–Crippen MR) is 96.4 cm³/mol. The molecule has 4 aliphatic carbocycles. The van der Waals surface area contributed by atoms with E-state index in [0.717, 1.165) is 48.4 Å². The quantitative estimate of drug-likeness (QED) is 0.887. The van der Waals surface area contributed by atoms with E-state index in [1.54, 1.807) is 4.90 Å². The van der Waals surface area contributed by atoms with Crippen molar-refractivity contribution in [2.45, 2.75) is 38.5 Å². The van der Waals surface area contributed by atoms with Gasteiger partial charge in [-0.15, -0.1) is 0 Å². The van der Waals surface area contributed by atoms with Crippen molar-refractivity contribution < 1.29 is 9.59 Å². The largest absolute Gasteiger partial charge is 0.336 e. The number of nitrogens with one attached hydrogen (secondary N) is 2. The minimum absolute atomic E-state index is 0.0506. The molecule has 5 aliphatic rings. The molecule has 5 fully saturated rings. The van der Waals surface area contributed by atoms with Gasteiger partial charge in [-0.2, -0.15) is 0 Å². The Morgan fingerprint density at radius 1 is 1.04 bits per heavy atom. The van der Waals surface area contributed by atoms with Crippen molar-refractivity contribution in [3.05, 3.63) is 24.3 Å². The van der Waals surface area contributed by atoms with Crippen molar-refractivity contribution in [1.82, 2.24) is 5.32 Å². The lowest BCUT2D eigenvalue weighted by Gasteiger charge is -2.55. The number of hydrogen-bond donors (Lipinski definition) is 2. The Kier molecular flexibility index (Phi) is 3.34. The van der Waals surface area contributed by atoms with Gasteiger partial charge in [0, 0.05) is 24.5 Å². The zero-order chi connectivity index (χ0) is 17.0. The summed E-state index contributed by atoms with van der Waals surface area (Å²) in [6.45, 7) is 1.38. The Balaban J connectivity index is 1.30. The lowest BCUT2D eigenvalue weighted by atomic mass is 9.49. The summed E-state index contributed by atoms with van der Waals surface area (Å²) >= 11 is 0. The van der Waals surface area contributed by atoms with E-state index in [4.69, 9.17) is 0 Å². The highest BCUT2D eigenvalue weighted by Crippen LogP contribution is 2.60. The summed E-state index contributed by atoms with van der Waals surface area (Å²) in [5.74, 6) is 2.53. The Labute approximate surface area is 148 Å². The molecule has 0 spiro atoms. The summed E-state index contributed by atoms with van der Waals surface area (Å²) in [7, 11) is 0. The van der Waals surface area contributed by atoms with Crippen LogP contribution in [0.3, 0.4) is 0 Å². The first-order valence-electron chi connectivity index (χ1n) is 9.58. The molecule has 4 bridgehead atoms. The van der Waals surface area contributed by atoms with Crippen LogP contribution in [0, 0.1) is 23.2 Å². The molecule has 1 saturated heterocycles. The van der Waals surface area contributed by atoms with Crippen LogP contribution in [0.25, 0.3) is 0 Å². The average Bonchev–Trinajstić information content (AvgIpc) is 3.00. The Morgan fingerprint density at radius 2 is 1.64 bits per heavy atom. The highest BCUT2D eigenvalue weighted by atomic mass is 16.2. The standard InChI is InChI=1S/C20H25N3O2/c24-18(20-10-13-7-14(11-20)9-15(8-13)12-20)22-16-1-3-17(4-2-16)23-6-5-21-19(23)25/h1-4,13-15H,5-12H2,(H,21,25)(H,22,24). The third-order valence-corrected chi connectivity index (χ3v) is 6.81. The lowest BCUT2D eigenvalue weighted by Crippen LogP contribution is -2.51. The third kappa shape index (κ3) is 2.52. The highest BCUT2D eigenvalue weighted by molar-refractivity contribution is 5.97. The zero-order valence-electron chi connectivity index (χ0n) is 14.5. The fraction of sp³-hybridized carbons (Fsp3) is 0.600. The van der Waals surface area contributed by atoms with E-state index < -0.39 is 0 Å². The minimum Gasteiger partial charge on any atom is -0.336 e. The fourth-order valence-electron chi connectivity index (χ4n) is 6.10. The summed E-state index contributed by atoms with van der Waals surface area (Å²) in [6, 6.07) is 7.62. The molecule has 1 aromatic carbocycles. The highest BCUT2D eigenvalue weighted by Gasteiger charge is 2.54. The molecule has 2 N–H and O–H groups in total. The van der Waals surface area contributed by atoms with Gasteiger partial charge in [-0.3, -0.25) is 9.69 Å². The molecule has 132 valence electrons. The number of carbonyl (C=O) groups excluding carboxylic acids is 2. The minimum atomic E-state index is -0.123. The maximum Gasteiger partial charge on any atom is 0.321 e. The molecule has 1 heterocycles. The van der Waals surface area contributed by atoms with E-state index in [9.17, 15) is 9.59 Å². The number of hydrogen-bond acceptors (Lipinski definition) is 2. The number of urea groups is 1. The van der Waals surface area contributed by atoms with Crippen molar-refractivity contribution >= 4 is 23.3 Å². The van der Waals surface area contributed by atoms with Crippen LogP contribution in [0.4, 0.5) is 16.2 Å². The molecule has 0 aromatic heterocycles. The van der Waals surface area contributed by atoms with Gasteiger partial charge in [-0.05, 0) is 80.5 Å². The lowest BCUT2D eigenvalue weighted by molar-refractivity contribution is -0.140. The van der Waals surface area contributed by atoms with E-state index in [2.05, 4.69) is 10.6 Å². The van der Waals surface area contributed by atoms with Crippen LogP contribution in [-0.2, 0) is 4.79 Å². The Hall–Kier alpha value is -2.04. The van der Waals surface area contributed by atoms with E-state index in [-0.39, 0.29) is 17.4 Å². The smallest absolute Gasteiger partial charge is 0.321 e. The molecule has 0 unspecified atom stereocenters. The monoisotopic (exact) mass is 339 g/mol. The molecular weight excluding hydrogens is 314 g/mol. The first-order chi connectivity index (χ1) is 12.1. The molecule has 5 nitrogen and oxygen atoms in total. The van der Waals surface area contributed by atoms with Gasteiger partial charge < -0.3 is 10.6 Å². The number of rotatable bonds is 3. The van der Waals surface area contributed by atoms with Crippen LogP contribution < -0.4 is 15.5 Å². The van der Waals surface area contributed by atoms with Crippen molar-refractivity contribution in [3.63, 3.8) is 0 Å². The predicted octanol–water partition coefficient (Wildman–Crippen LogP) is 3.37. The molecule has 3 amide bonds. The molecule has 1 aromatic rings. The maximum absolute atomic E-state index is 13.1. The van der Waals surface area contributed by atoms with Gasteiger partial charge in [0.25, 0.3) is 0 Å². The van der Waals surface area contributed by atoms with Crippen molar-refractivity contribution in [2.24, 2.45) is 23.2 Å². The summed E-state index contributed by atoms with van der Waals surface area (Å²) in [5.41, 5.74) is 1.59. The molecule has 0 radical (unpaired) electrons. The Bertz CT molecular complexity index is 677. The van der Waals surface area contributed by atoms with Crippen LogP contribution in [0.1, 0.15) is 38.5 Å². The van der Waals surface area contributed by atoms with Crippen LogP contribution in [0.2, 0.25) is 0 Å². The summed E-state index contributed by atoms with van der Waals surface area (Å²) < 4.78 is 0. The summed E-state index contributed by atoms with van der Waals surface area (Å²) in [6.07, 6.45) is 7.28. The number of anilines is 2. The second kappa shape index (κ2) is 5.48. The fourth-order valence-corrected chi connectivity index (χ4v) is 6.10. The average molecular weight is 339 g/mol. The second-order valence-electron chi connectivity index (χ2n) is 8.58. The molecule has 1 aliphatic heterocycles. The van der Waals surface area contributed by atoms with Gasteiger partial charge in [-0.25, -0.2) is 4.79 Å². The van der Waals surface area contributed by atoms with E-state index >= 15 is 0 Å². The van der Waals surface area contributed by atoms with Crippen LogP contribution >= 0.6 is 0 Å². The summed E-state index contributed by atoms with van der Waals surface area (Å²) in [5, 5.41) is 5.98. The van der Waals surface area contributed by atoms with E-state index in [0.29, 0.717) is 13.1 Å². The van der Waals surface area contributed by atoms with Crippen molar-refractivity contribution in [2.75, 3.05) is 23.3 Å². The van der Waals surface area contributed by atoms with Gasteiger partial charge in [0.15, 0.2) is 0 Å². The van der Waals surface area contributed by atoms with Crippen molar-refractivity contribution in [3.8, 4) is 0 Å². The SMILES string of the molecule is O=C1NCCN1c1ccc(NC(=O)C23CC4CC(CC(C4)C2)C3)cc1. The first kappa shape index (κ1) is 15.2. The maximum atomic E-state index is 13.1. The van der Waals surface area contributed by atoms with Crippen molar-refractivity contribution in [1.29, 1.82) is 0 Å². The molecule has 25 heavy (non-hydrogen) atoms. The van der Waals surface area contributed by atoms with Crippen LogP contribution in [-0.4, -0.2) is 25.0 Å². The first-order valence-corrected chi connectivity index (χ1v) is 9.58. The molecule has 6 rings (SSSR count). The molecular formula is C20H25N3O2. The van der Waals surface area contributed by atoms with E-state index in [1.165, 1.54) is 19.3 Å². The summed E-state index contributed by atoms with van der Waals surface area (Å²) in [4.78, 5) is 26.5. The number of amides is 3. The van der Waals surface area contributed by atoms with Gasteiger partial charge in [0.05, 0.1) is 5.41 Å². The zero-order valence-corrected chi connectivity index (χ0v) is 14.5. The van der Waals surface area contributed by atoms with Gasteiger partial charge in [0.1, 0.15) is 0 Å². The molecule has 5 heteroatoms. The molecule has 4 saturated carbocycles. The second-order valence-corrected chi connectivity index (χ2v) is 8.58. The number of carbonyl (C=O) groups is 2. The molecule has 0 atom stereocenters. The number of benzene rings is 1. The Morgan fingerprint density at radius 3 is 2.16 bits per heavy atom. The normalized spacial score (nSPS) is 35.8. The topological polar surface area (TPSA) is 61.4 Å². The van der Waals surface area contributed by atoms with Crippen LogP contribution in [0.5, 0.6) is 0 Å². The van der Waals surface area contributed by atoms with Gasteiger partial charge in [-0.1, -0.05) is 0 Å².